The van der Waals surface area contributed by atoms with Crippen molar-refractivity contribution in [2.45, 2.75) is 12.5 Å². The average Bonchev–Trinajstić information content (AvgIpc) is 3.00. The molecule has 2 N–H and O–H groups in total. The fourth-order valence-electron chi connectivity index (χ4n) is 2.39. The van der Waals surface area contributed by atoms with Crippen LogP contribution in [0.1, 0.15) is 22.8 Å². The second-order valence-electron chi connectivity index (χ2n) is 5.62. The van der Waals surface area contributed by atoms with Crippen LogP contribution in [0.5, 0.6) is 11.5 Å². The summed E-state index contributed by atoms with van der Waals surface area (Å²) in [5, 5.41) is 12.9. The quantitative estimate of drug-likeness (QED) is 0.900. The zero-order chi connectivity index (χ0) is 17.3. The topological polar surface area (TPSA) is 67.8 Å². The number of benzene rings is 2. The molecule has 0 aliphatic carbocycles. The second kappa shape index (κ2) is 6.09. The Morgan fingerprint density at radius 2 is 1.88 bits per heavy atom. The molecule has 1 heterocycles. The third kappa shape index (κ3) is 3.03. The van der Waals surface area contributed by atoms with Gasteiger partial charge in [-0.2, -0.15) is 0 Å². The van der Waals surface area contributed by atoms with E-state index in [1.165, 1.54) is 13.0 Å². The van der Waals surface area contributed by atoms with Gasteiger partial charge in [0, 0.05) is 0 Å². The van der Waals surface area contributed by atoms with E-state index in [2.05, 4.69) is 5.32 Å². The summed E-state index contributed by atoms with van der Waals surface area (Å²) in [4.78, 5) is 12.0. The highest BCUT2D eigenvalue weighted by atomic mass is 19.1. The van der Waals surface area contributed by atoms with Crippen LogP contribution in [-0.4, -0.2) is 24.4 Å². The molecule has 0 saturated heterocycles. The van der Waals surface area contributed by atoms with Crippen molar-refractivity contribution in [3.8, 4) is 11.5 Å². The molecule has 7 heteroatoms. The molecule has 2 aromatic carbocycles. The first-order valence-corrected chi connectivity index (χ1v) is 7.23. The third-order valence-electron chi connectivity index (χ3n) is 3.78. The molecule has 0 aromatic heterocycles. The van der Waals surface area contributed by atoms with Gasteiger partial charge in [0.1, 0.15) is 22.8 Å². The monoisotopic (exact) mass is 335 g/mol. The molecule has 5 nitrogen and oxygen atoms in total. The zero-order valence-electron chi connectivity index (χ0n) is 12.8. The molecule has 2 aromatic rings. The molecule has 126 valence electrons. The fourth-order valence-corrected chi connectivity index (χ4v) is 2.39. The van der Waals surface area contributed by atoms with E-state index in [0.29, 0.717) is 17.1 Å². The molecule has 0 saturated carbocycles. The number of ether oxygens (including phenoxy) is 2. The van der Waals surface area contributed by atoms with E-state index in [1.807, 2.05) is 0 Å². The molecule has 3 rings (SSSR count). The largest absolute Gasteiger partial charge is 0.454 e. The Morgan fingerprint density at radius 1 is 1.21 bits per heavy atom. The van der Waals surface area contributed by atoms with Gasteiger partial charge in [-0.1, -0.05) is 12.1 Å². The van der Waals surface area contributed by atoms with E-state index in [9.17, 15) is 18.7 Å². The average molecular weight is 335 g/mol. The molecular weight excluding hydrogens is 320 g/mol. The lowest BCUT2D eigenvalue weighted by atomic mass is 9.95. The molecule has 1 aliphatic heterocycles. The lowest BCUT2D eigenvalue weighted by Gasteiger charge is -2.24. The number of carbonyl (C=O) groups is 1. The van der Waals surface area contributed by atoms with Crippen molar-refractivity contribution in [1.82, 2.24) is 5.32 Å². The van der Waals surface area contributed by atoms with E-state index in [4.69, 9.17) is 9.47 Å². The predicted octanol–water partition coefficient (Wildman–Crippen LogP) is 2.33. The summed E-state index contributed by atoms with van der Waals surface area (Å²) in [5.41, 5.74) is -1.67. The first kappa shape index (κ1) is 16.2. The first-order valence-electron chi connectivity index (χ1n) is 7.23. The standard InChI is InChI=1S/C17H15F2NO4/c1-17(22,10-5-6-13-14(7-10)24-9-23-13)8-20-16(21)15-11(18)3-2-4-12(15)19/h2-7,22H,8-9H2,1H3,(H,20,21). The molecule has 0 bridgehead atoms. The van der Waals surface area contributed by atoms with Crippen LogP contribution in [0.3, 0.4) is 0 Å². The summed E-state index contributed by atoms with van der Waals surface area (Å²) in [6.07, 6.45) is 0. The minimum atomic E-state index is -1.46. The zero-order valence-corrected chi connectivity index (χ0v) is 12.8. The van der Waals surface area contributed by atoms with Gasteiger partial charge in [-0.05, 0) is 36.8 Å². The number of hydrogen-bond donors (Lipinski definition) is 2. The molecule has 1 atom stereocenters. The summed E-state index contributed by atoms with van der Waals surface area (Å²) in [6.45, 7) is 1.34. The molecule has 0 radical (unpaired) electrons. The van der Waals surface area contributed by atoms with Gasteiger partial charge >= 0.3 is 0 Å². The maximum absolute atomic E-state index is 13.6. The van der Waals surface area contributed by atoms with Crippen LogP contribution in [0.4, 0.5) is 8.78 Å². The van der Waals surface area contributed by atoms with Crippen LogP contribution in [0.2, 0.25) is 0 Å². The molecule has 0 fully saturated rings. The summed E-state index contributed by atoms with van der Waals surface area (Å²) >= 11 is 0. The van der Waals surface area contributed by atoms with Crippen molar-refractivity contribution in [2.24, 2.45) is 0 Å². The van der Waals surface area contributed by atoms with Crippen LogP contribution in [0, 0.1) is 11.6 Å². The Bertz CT molecular complexity index is 772. The van der Waals surface area contributed by atoms with Gasteiger partial charge in [-0.25, -0.2) is 8.78 Å². The summed E-state index contributed by atoms with van der Waals surface area (Å²) in [5.74, 6) is -1.82. The van der Waals surface area contributed by atoms with Crippen molar-refractivity contribution in [2.75, 3.05) is 13.3 Å². The molecule has 1 amide bonds. The van der Waals surface area contributed by atoms with Gasteiger partial charge in [0.25, 0.3) is 5.91 Å². The molecule has 1 unspecified atom stereocenters. The van der Waals surface area contributed by atoms with Crippen molar-refractivity contribution in [3.05, 3.63) is 59.2 Å². The van der Waals surface area contributed by atoms with Gasteiger partial charge in [-0.3, -0.25) is 4.79 Å². The maximum atomic E-state index is 13.6. The van der Waals surface area contributed by atoms with Crippen LogP contribution in [0.15, 0.2) is 36.4 Å². The normalized spacial score (nSPS) is 15.0. The van der Waals surface area contributed by atoms with Crippen LogP contribution < -0.4 is 14.8 Å². The SMILES string of the molecule is CC(O)(CNC(=O)c1c(F)cccc1F)c1ccc2c(c1)OCO2. The number of rotatable bonds is 4. The van der Waals surface area contributed by atoms with E-state index < -0.39 is 28.7 Å². The lowest BCUT2D eigenvalue weighted by molar-refractivity contribution is 0.0522. The highest BCUT2D eigenvalue weighted by Gasteiger charge is 2.28. The summed E-state index contributed by atoms with van der Waals surface area (Å²) < 4.78 is 37.6. The summed E-state index contributed by atoms with van der Waals surface area (Å²) in [7, 11) is 0. The fraction of sp³-hybridized carbons (Fsp3) is 0.235. The maximum Gasteiger partial charge on any atom is 0.257 e. The number of fused-ring (bicyclic) bond motifs is 1. The van der Waals surface area contributed by atoms with Crippen LogP contribution >= 0.6 is 0 Å². The van der Waals surface area contributed by atoms with E-state index in [1.54, 1.807) is 18.2 Å². The highest BCUT2D eigenvalue weighted by Crippen LogP contribution is 2.35. The van der Waals surface area contributed by atoms with Crippen molar-refractivity contribution in [1.29, 1.82) is 0 Å². The molecular formula is C17H15F2NO4. The number of aliphatic hydroxyl groups is 1. The number of nitrogens with one attached hydrogen (secondary N) is 1. The minimum Gasteiger partial charge on any atom is -0.454 e. The van der Waals surface area contributed by atoms with Gasteiger partial charge < -0.3 is 19.9 Å². The molecule has 24 heavy (non-hydrogen) atoms. The minimum absolute atomic E-state index is 0.101. The molecule has 0 spiro atoms. The van der Waals surface area contributed by atoms with Gasteiger partial charge in [0.15, 0.2) is 11.5 Å². The van der Waals surface area contributed by atoms with Crippen molar-refractivity contribution in [3.63, 3.8) is 0 Å². The number of amides is 1. The van der Waals surface area contributed by atoms with Gasteiger partial charge in [0.2, 0.25) is 6.79 Å². The third-order valence-corrected chi connectivity index (χ3v) is 3.78. The van der Waals surface area contributed by atoms with E-state index >= 15 is 0 Å². The highest BCUT2D eigenvalue weighted by molar-refractivity contribution is 5.94. The Labute approximate surface area is 136 Å². The van der Waals surface area contributed by atoms with E-state index in [-0.39, 0.29) is 13.3 Å². The number of carbonyl (C=O) groups excluding carboxylic acids is 1. The van der Waals surface area contributed by atoms with Gasteiger partial charge in [-0.15, -0.1) is 0 Å². The van der Waals surface area contributed by atoms with E-state index in [0.717, 1.165) is 12.1 Å². The van der Waals surface area contributed by atoms with Crippen molar-refractivity contribution >= 4 is 5.91 Å². The predicted molar refractivity (Wildman–Crippen MR) is 80.8 cm³/mol. The Kier molecular flexibility index (Phi) is 4.11. The van der Waals surface area contributed by atoms with Gasteiger partial charge in [0.05, 0.1) is 6.54 Å². The molecule has 1 aliphatic rings. The first-order chi connectivity index (χ1) is 11.4. The van der Waals surface area contributed by atoms with Crippen molar-refractivity contribution < 1.29 is 28.2 Å². The number of hydrogen-bond acceptors (Lipinski definition) is 4. The Balaban J connectivity index is 1.74. The Morgan fingerprint density at radius 3 is 2.58 bits per heavy atom. The Hall–Kier alpha value is -2.67. The smallest absolute Gasteiger partial charge is 0.257 e. The number of halogens is 2. The van der Waals surface area contributed by atoms with Crippen LogP contribution in [0.25, 0.3) is 0 Å². The summed E-state index contributed by atoms with van der Waals surface area (Å²) in [6, 6.07) is 8.03. The second-order valence-corrected chi connectivity index (χ2v) is 5.62. The van der Waals surface area contributed by atoms with Crippen LogP contribution in [-0.2, 0) is 5.60 Å². The lowest BCUT2D eigenvalue weighted by Crippen LogP contribution is -2.39.